The number of nitro groups is 1. The van der Waals surface area contributed by atoms with Crippen LogP contribution in [-0.4, -0.2) is 48.4 Å². The summed E-state index contributed by atoms with van der Waals surface area (Å²) in [4.78, 5) is 48.8. The first-order chi connectivity index (χ1) is 15.3. The Balaban J connectivity index is 3.10. The van der Waals surface area contributed by atoms with Crippen LogP contribution in [0.1, 0.15) is 46.6 Å². The molecule has 0 spiro atoms. The highest BCUT2D eigenvalue weighted by Gasteiger charge is 2.37. The summed E-state index contributed by atoms with van der Waals surface area (Å²) in [7, 11) is 1.15. The van der Waals surface area contributed by atoms with Gasteiger partial charge in [-0.1, -0.05) is 52.8 Å². The third-order valence-electron chi connectivity index (χ3n) is 5.10. The molecule has 0 aliphatic rings. The van der Waals surface area contributed by atoms with Gasteiger partial charge < -0.3 is 15.4 Å². The molecule has 0 aliphatic carbocycles. The fraction of sp³-hybridized carbons (Fsp3) is 0.609. The van der Waals surface area contributed by atoms with Crippen LogP contribution in [0.25, 0.3) is 0 Å². The summed E-state index contributed by atoms with van der Waals surface area (Å²) in [5.74, 6) is -3.46. The summed E-state index contributed by atoms with van der Waals surface area (Å²) in [6.07, 6.45) is 0.135. The fourth-order valence-electron chi connectivity index (χ4n) is 3.42. The minimum atomic E-state index is -1.19. The van der Waals surface area contributed by atoms with E-state index in [1.54, 1.807) is 26.8 Å². The topological polar surface area (TPSA) is 128 Å². The van der Waals surface area contributed by atoms with Crippen LogP contribution in [0, 0.1) is 33.2 Å². The van der Waals surface area contributed by atoms with Crippen molar-refractivity contribution in [3.05, 3.63) is 45.8 Å². The molecule has 2 N–H and O–H groups in total. The van der Waals surface area contributed by atoms with E-state index in [1.807, 2.05) is 13.8 Å². The van der Waals surface area contributed by atoms with Gasteiger partial charge in [-0.2, -0.15) is 0 Å². The second-order valence-corrected chi connectivity index (χ2v) is 9.53. The lowest BCUT2D eigenvalue weighted by Gasteiger charge is -2.32. The number of hydrogen-bond acceptors (Lipinski definition) is 6. The second-order valence-electron chi connectivity index (χ2n) is 9.53. The molecule has 33 heavy (non-hydrogen) atoms. The van der Waals surface area contributed by atoms with Crippen LogP contribution in [0.3, 0.4) is 0 Å². The maximum atomic E-state index is 14.1. The fourth-order valence-corrected chi connectivity index (χ4v) is 3.42. The zero-order chi connectivity index (χ0) is 25.3. The number of hydrogen-bond donors (Lipinski definition) is 2. The standard InChI is InChI=1S/C23H34FN3O6/c1-14(2)11-16(13-27(31)32)20(28)26-19(23(3,4)5)21(29)25-18(22(30)33-6)12-15-9-7-8-10-17(15)24/h7-10,14,16,18-19H,11-13H2,1-6H3,(H,25,29)(H,26,28)/t16-,18-,19-/m1/s1. The number of esters is 1. The zero-order valence-corrected chi connectivity index (χ0v) is 20.0. The van der Waals surface area contributed by atoms with Gasteiger partial charge in [0.1, 0.15) is 23.8 Å². The SMILES string of the molecule is COC(=O)[C@@H](Cc1ccccc1F)NC(=O)[C@@H](NC(=O)[C@H](CC(C)C)C[N+](=O)[O-])C(C)(C)C. The Bertz CT molecular complexity index is 853. The summed E-state index contributed by atoms with van der Waals surface area (Å²) in [6.45, 7) is 8.28. The highest BCUT2D eigenvalue weighted by Crippen LogP contribution is 2.22. The first-order valence-electron chi connectivity index (χ1n) is 10.8. The first kappa shape index (κ1) is 28.0. The maximum Gasteiger partial charge on any atom is 0.328 e. The smallest absolute Gasteiger partial charge is 0.328 e. The minimum Gasteiger partial charge on any atom is -0.467 e. The molecule has 2 amide bonds. The molecule has 0 saturated heterocycles. The number of amides is 2. The van der Waals surface area contributed by atoms with Gasteiger partial charge in [0.25, 0.3) is 0 Å². The van der Waals surface area contributed by atoms with Crippen molar-refractivity contribution in [1.29, 1.82) is 0 Å². The molecule has 184 valence electrons. The predicted octanol–water partition coefficient (Wildman–Crippen LogP) is 2.50. The minimum absolute atomic E-state index is 0.0343. The average Bonchev–Trinajstić information content (AvgIpc) is 2.70. The molecular weight excluding hydrogens is 433 g/mol. The van der Waals surface area contributed by atoms with E-state index in [-0.39, 0.29) is 24.3 Å². The summed E-state index contributed by atoms with van der Waals surface area (Å²) < 4.78 is 18.9. The van der Waals surface area contributed by atoms with Gasteiger partial charge in [0, 0.05) is 11.3 Å². The van der Waals surface area contributed by atoms with Gasteiger partial charge in [-0.25, -0.2) is 9.18 Å². The lowest BCUT2D eigenvalue weighted by Crippen LogP contribution is -2.58. The molecule has 1 aromatic rings. The predicted molar refractivity (Wildman–Crippen MR) is 120 cm³/mol. The molecular formula is C23H34FN3O6. The summed E-state index contributed by atoms with van der Waals surface area (Å²) in [6, 6.07) is 3.57. The molecule has 0 unspecified atom stereocenters. The van der Waals surface area contributed by atoms with Crippen molar-refractivity contribution in [3.63, 3.8) is 0 Å². The Morgan fingerprint density at radius 1 is 1.12 bits per heavy atom. The van der Waals surface area contributed by atoms with Gasteiger partial charge >= 0.3 is 5.97 Å². The number of rotatable bonds is 11. The molecule has 0 radical (unpaired) electrons. The van der Waals surface area contributed by atoms with Gasteiger partial charge in [0.15, 0.2) is 0 Å². The van der Waals surface area contributed by atoms with Crippen LogP contribution >= 0.6 is 0 Å². The van der Waals surface area contributed by atoms with E-state index in [0.717, 1.165) is 7.11 Å². The molecule has 1 aromatic carbocycles. The van der Waals surface area contributed by atoms with E-state index in [9.17, 15) is 28.9 Å². The second kappa shape index (κ2) is 12.3. The number of halogens is 1. The van der Waals surface area contributed by atoms with E-state index in [1.165, 1.54) is 18.2 Å². The van der Waals surface area contributed by atoms with Crippen LogP contribution in [0.15, 0.2) is 24.3 Å². The van der Waals surface area contributed by atoms with E-state index in [4.69, 9.17) is 4.74 Å². The summed E-state index contributed by atoms with van der Waals surface area (Å²) in [5, 5.41) is 16.2. The lowest BCUT2D eigenvalue weighted by atomic mass is 9.85. The molecule has 0 fully saturated rings. The van der Waals surface area contributed by atoms with Crippen LogP contribution < -0.4 is 10.6 Å². The van der Waals surface area contributed by atoms with Crippen LogP contribution in [-0.2, 0) is 25.5 Å². The van der Waals surface area contributed by atoms with Crippen molar-refractivity contribution >= 4 is 17.8 Å². The zero-order valence-electron chi connectivity index (χ0n) is 20.0. The first-order valence-corrected chi connectivity index (χ1v) is 10.8. The highest BCUT2D eigenvalue weighted by atomic mass is 19.1. The van der Waals surface area contributed by atoms with Crippen molar-refractivity contribution in [3.8, 4) is 0 Å². The van der Waals surface area contributed by atoms with Crippen molar-refractivity contribution < 1.29 is 28.4 Å². The normalized spacial score (nSPS) is 14.2. The van der Waals surface area contributed by atoms with Gasteiger partial charge in [-0.05, 0) is 29.4 Å². The molecule has 0 saturated carbocycles. The van der Waals surface area contributed by atoms with Crippen molar-refractivity contribution in [1.82, 2.24) is 10.6 Å². The monoisotopic (exact) mass is 467 g/mol. The van der Waals surface area contributed by atoms with Crippen LogP contribution in [0.5, 0.6) is 0 Å². The van der Waals surface area contributed by atoms with Gasteiger partial charge in [-0.3, -0.25) is 19.7 Å². The third-order valence-corrected chi connectivity index (χ3v) is 5.10. The molecule has 0 aliphatic heterocycles. The number of methoxy groups -OCH3 is 1. The van der Waals surface area contributed by atoms with Gasteiger partial charge in [0.05, 0.1) is 7.11 Å². The van der Waals surface area contributed by atoms with E-state index in [0.29, 0.717) is 0 Å². The average molecular weight is 468 g/mol. The Morgan fingerprint density at radius 2 is 1.73 bits per heavy atom. The van der Waals surface area contributed by atoms with Gasteiger partial charge in [0.2, 0.25) is 18.4 Å². The number of carbonyl (C=O) groups is 3. The third kappa shape index (κ3) is 9.15. The van der Waals surface area contributed by atoms with E-state index < -0.39 is 58.5 Å². The van der Waals surface area contributed by atoms with Gasteiger partial charge in [-0.15, -0.1) is 0 Å². The molecule has 3 atom stereocenters. The number of carbonyl (C=O) groups excluding carboxylic acids is 3. The Morgan fingerprint density at radius 3 is 2.21 bits per heavy atom. The molecule has 0 bridgehead atoms. The molecule has 0 heterocycles. The highest BCUT2D eigenvalue weighted by molar-refractivity contribution is 5.92. The molecule has 1 rings (SSSR count). The lowest BCUT2D eigenvalue weighted by molar-refractivity contribution is -0.486. The molecule has 9 nitrogen and oxygen atoms in total. The van der Waals surface area contributed by atoms with Crippen LogP contribution in [0.2, 0.25) is 0 Å². The maximum absolute atomic E-state index is 14.1. The Hall–Kier alpha value is -3.04. The molecule has 0 aromatic heterocycles. The Labute approximate surface area is 193 Å². The number of nitrogens with zero attached hydrogens (tertiary/aromatic N) is 1. The number of ether oxygens (including phenoxy) is 1. The number of nitrogens with one attached hydrogen (secondary N) is 2. The van der Waals surface area contributed by atoms with Crippen LogP contribution in [0.4, 0.5) is 4.39 Å². The van der Waals surface area contributed by atoms with E-state index in [2.05, 4.69) is 10.6 Å². The quantitative estimate of drug-likeness (QED) is 0.292. The molecule has 10 heteroatoms. The van der Waals surface area contributed by atoms with E-state index >= 15 is 0 Å². The number of benzene rings is 1. The Kier molecular flexibility index (Phi) is 10.4. The van der Waals surface area contributed by atoms with Crippen molar-refractivity contribution in [2.45, 2.75) is 59.5 Å². The largest absolute Gasteiger partial charge is 0.467 e. The van der Waals surface area contributed by atoms with Crippen molar-refractivity contribution in [2.75, 3.05) is 13.7 Å². The summed E-state index contributed by atoms with van der Waals surface area (Å²) >= 11 is 0. The van der Waals surface area contributed by atoms with Crippen molar-refractivity contribution in [2.24, 2.45) is 17.3 Å². The summed E-state index contributed by atoms with van der Waals surface area (Å²) in [5.41, 5.74) is -0.567.